The molecule has 92 valence electrons. The van der Waals surface area contributed by atoms with Crippen LogP contribution in [-0.4, -0.2) is 16.8 Å². The van der Waals surface area contributed by atoms with E-state index in [2.05, 4.69) is 15.9 Å². The van der Waals surface area contributed by atoms with Gasteiger partial charge in [-0.25, -0.2) is 4.79 Å². The Labute approximate surface area is 114 Å². The molecule has 17 heavy (non-hydrogen) atoms. The first-order valence-electron chi connectivity index (χ1n) is 5.82. The number of benzene rings is 1. The van der Waals surface area contributed by atoms with E-state index in [1.807, 2.05) is 12.1 Å². The summed E-state index contributed by atoms with van der Waals surface area (Å²) in [6.45, 7) is 0. The molecule has 0 amide bonds. The predicted octanol–water partition coefficient (Wildman–Crippen LogP) is 4.43. The van der Waals surface area contributed by atoms with Crippen molar-refractivity contribution in [3.8, 4) is 0 Å². The third-order valence-corrected chi connectivity index (χ3v) is 5.05. The maximum absolute atomic E-state index is 11.0. The highest BCUT2D eigenvalue weighted by Crippen LogP contribution is 2.32. The maximum Gasteiger partial charge on any atom is 0.336 e. The molecule has 0 unspecified atom stereocenters. The Hall–Kier alpha value is -0.480. The molecule has 2 nitrogen and oxygen atoms in total. The van der Waals surface area contributed by atoms with Crippen molar-refractivity contribution in [2.75, 3.05) is 5.75 Å². The average Bonchev–Trinajstić information content (AvgIpc) is 2.80. The molecule has 4 heteroatoms. The highest BCUT2D eigenvalue weighted by Gasteiger charge is 2.15. The van der Waals surface area contributed by atoms with Gasteiger partial charge < -0.3 is 5.11 Å². The summed E-state index contributed by atoms with van der Waals surface area (Å²) in [6, 6.07) is 5.56. The molecule has 1 aliphatic carbocycles. The number of carbonyl (C=O) groups is 1. The first kappa shape index (κ1) is 13.0. The van der Waals surface area contributed by atoms with Crippen LogP contribution in [0, 0.1) is 5.92 Å². The van der Waals surface area contributed by atoms with Gasteiger partial charge >= 0.3 is 5.97 Å². The molecule has 1 aromatic carbocycles. The molecule has 1 aliphatic rings. The van der Waals surface area contributed by atoms with Crippen molar-refractivity contribution < 1.29 is 9.90 Å². The second kappa shape index (κ2) is 5.91. The van der Waals surface area contributed by atoms with Crippen molar-refractivity contribution >= 4 is 33.7 Å². The summed E-state index contributed by atoms with van der Waals surface area (Å²) < 4.78 is 0.648. The van der Waals surface area contributed by atoms with E-state index in [4.69, 9.17) is 5.11 Å². The lowest BCUT2D eigenvalue weighted by Crippen LogP contribution is -1.99. The third kappa shape index (κ3) is 3.49. The molecule has 1 saturated carbocycles. The van der Waals surface area contributed by atoms with Crippen molar-refractivity contribution in [1.29, 1.82) is 0 Å². The van der Waals surface area contributed by atoms with Gasteiger partial charge in [-0.05, 0) is 52.9 Å². The molecule has 0 heterocycles. The van der Waals surface area contributed by atoms with Gasteiger partial charge in [-0.1, -0.05) is 12.8 Å². The van der Waals surface area contributed by atoms with Crippen LogP contribution in [0.25, 0.3) is 0 Å². The molecule has 0 spiro atoms. The maximum atomic E-state index is 11.0. The fourth-order valence-electron chi connectivity index (χ4n) is 2.15. The van der Waals surface area contributed by atoms with Crippen molar-refractivity contribution in [1.82, 2.24) is 0 Å². The smallest absolute Gasteiger partial charge is 0.336 e. The lowest BCUT2D eigenvalue weighted by Gasteiger charge is -2.09. The molecule has 0 saturated heterocycles. The first-order valence-corrected chi connectivity index (χ1v) is 7.60. The summed E-state index contributed by atoms with van der Waals surface area (Å²) in [6.07, 6.45) is 5.36. The van der Waals surface area contributed by atoms with E-state index in [0.717, 1.165) is 16.6 Å². The second-order valence-corrected chi connectivity index (χ2v) is 6.36. The fraction of sp³-hybridized carbons (Fsp3) is 0.462. The minimum atomic E-state index is -0.875. The largest absolute Gasteiger partial charge is 0.478 e. The van der Waals surface area contributed by atoms with Crippen molar-refractivity contribution in [2.45, 2.75) is 30.6 Å². The molecule has 1 fully saturated rings. The van der Waals surface area contributed by atoms with Crippen LogP contribution in [-0.2, 0) is 0 Å². The summed E-state index contributed by atoms with van der Waals surface area (Å²) >= 11 is 5.03. The number of halogens is 1. The molecular weight excluding hydrogens is 300 g/mol. The molecular formula is C13H15BrO2S. The van der Waals surface area contributed by atoms with E-state index in [0.29, 0.717) is 10.0 Å². The zero-order valence-electron chi connectivity index (χ0n) is 9.49. The lowest BCUT2D eigenvalue weighted by molar-refractivity contribution is 0.0695. The number of carboxylic acid groups (broad SMARTS) is 1. The zero-order valence-corrected chi connectivity index (χ0v) is 11.9. The number of rotatable bonds is 4. The van der Waals surface area contributed by atoms with Gasteiger partial charge in [0.05, 0.1) is 5.56 Å². The van der Waals surface area contributed by atoms with Gasteiger partial charge in [0.1, 0.15) is 0 Å². The minimum Gasteiger partial charge on any atom is -0.478 e. The molecule has 1 aromatic rings. The topological polar surface area (TPSA) is 37.3 Å². The quantitative estimate of drug-likeness (QED) is 0.835. The van der Waals surface area contributed by atoms with Crippen LogP contribution in [0.15, 0.2) is 27.6 Å². The van der Waals surface area contributed by atoms with Crippen LogP contribution in [0.2, 0.25) is 0 Å². The van der Waals surface area contributed by atoms with Crippen LogP contribution in [0.3, 0.4) is 0 Å². The standard InChI is InChI=1S/C13H15BrO2S/c14-12-6-5-10(7-11(12)13(15)16)17-8-9-3-1-2-4-9/h5-7,9H,1-4,8H2,(H,15,16). The van der Waals surface area contributed by atoms with Gasteiger partial charge in [-0.3, -0.25) is 0 Å². The molecule has 2 rings (SSSR count). The Morgan fingerprint density at radius 2 is 2.12 bits per heavy atom. The lowest BCUT2D eigenvalue weighted by atomic mass is 10.1. The van der Waals surface area contributed by atoms with Gasteiger partial charge in [0.25, 0.3) is 0 Å². The van der Waals surface area contributed by atoms with Crippen molar-refractivity contribution in [3.63, 3.8) is 0 Å². The zero-order chi connectivity index (χ0) is 12.3. The van der Waals surface area contributed by atoms with Gasteiger partial charge in [0.2, 0.25) is 0 Å². The molecule has 0 radical (unpaired) electrons. The summed E-state index contributed by atoms with van der Waals surface area (Å²) in [7, 11) is 0. The van der Waals surface area contributed by atoms with Crippen LogP contribution in [0.1, 0.15) is 36.0 Å². The number of aromatic carboxylic acids is 1. The fourth-order valence-corrected chi connectivity index (χ4v) is 3.69. The van der Waals surface area contributed by atoms with Crippen molar-refractivity contribution in [2.24, 2.45) is 5.92 Å². The van der Waals surface area contributed by atoms with Gasteiger partial charge in [-0.15, -0.1) is 11.8 Å². The Bertz CT molecular complexity index is 414. The minimum absolute atomic E-state index is 0.349. The SMILES string of the molecule is O=C(O)c1cc(SCC2CCCC2)ccc1Br. The molecule has 0 bridgehead atoms. The van der Waals surface area contributed by atoms with E-state index in [9.17, 15) is 4.79 Å². The molecule has 0 aliphatic heterocycles. The number of hydrogen-bond acceptors (Lipinski definition) is 2. The number of carboxylic acids is 1. The Kier molecular flexibility index (Phi) is 4.51. The van der Waals surface area contributed by atoms with Gasteiger partial charge in [0, 0.05) is 15.1 Å². The normalized spacial score (nSPS) is 16.3. The first-order chi connectivity index (χ1) is 8.16. The van der Waals surface area contributed by atoms with E-state index >= 15 is 0 Å². The Morgan fingerprint density at radius 1 is 1.41 bits per heavy atom. The monoisotopic (exact) mass is 314 g/mol. The average molecular weight is 315 g/mol. The number of thioether (sulfide) groups is 1. The second-order valence-electron chi connectivity index (χ2n) is 4.41. The van der Waals surface area contributed by atoms with E-state index in [-0.39, 0.29) is 0 Å². The highest BCUT2D eigenvalue weighted by molar-refractivity contribution is 9.10. The summed E-state index contributed by atoms with van der Waals surface area (Å²) in [4.78, 5) is 12.0. The summed E-state index contributed by atoms with van der Waals surface area (Å²) in [5, 5.41) is 9.03. The third-order valence-electron chi connectivity index (χ3n) is 3.13. The highest BCUT2D eigenvalue weighted by atomic mass is 79.9. The molecule has 1 N–H and O–H groups in total. The predicted molar refractivity (Wildman–Crippen MR) is 73.8 cm³/mol. The van der Waals surface area contributed by atoms with Crippen LogP contribution >= 0.6 is 27.7 Å². The van der Waals surface area contributed by atoms with Gasteiger partial charge in [0.15, 0.2) is 0 Å². The van der Waals surface area contributed by atoms with E-state index < -0.39 is 5.97 Å². The number of hydrogen-bond donors (Lipinski definition) is 1. The van der Waals surface area contributed by atoms with Gasteiger partial charge in [-0.2, -0.15) is 0 Å². The van der Waals surface area contributed by atoms with E-state index in [1.165, 1.54) is 25.7 Å². The van der Waals surface area contributed by atoms with Crippen molar-refractivity contribution in [3.05, 3.63) is 28.2 Å². The molecule has 0 atom stereocenters. The summed E-state index contributed by atoms with van der Waals surface area (Å²) in [5.74, 6) is 1.05. The molecule has 0 aromatic heterocycles. The summed E-state index contributed by atoms with van der Waals surface area (Å²) in [5.41, 5.74) is 0.349. The van der Waals surface area contributed by atoms with E-state index in [1.54, 1.807) is 17.8 Å². The van der Waals surface area contributed by atoms with Crippen LogP contribution in [0.5, 0.6) is 0 Å². The Balaban J connectivity index is 2.00. The van der Waals surface area contributed by atoms with Crippen LogP contribution in [0.4, 0.5) is 0 Å². The Morgan fingerprint density at radius 3 is 2.76 bits per heavy atom. The van der Waals surface area contributed by atoms with Crippen LogP contribution < -0.4 is 0 Å².